The molecule has 0 bridgehead atoms. The van der Waals surface area contributed by atoms with Crippen LogP contribution < -0.4 is 9.47 Å². The first-order chi connectivity index (χ1) is 9.35. The van der Waals surface area contributed by atoms with E-state index in [4.69, 9.17) is 19.7 Å². The SMILES string of the molecule is COc1cc(C=CC(=O)O)cc(Br)c1OC(C)C(=O)O. The molecule has 1 atom stereocenters. The standard InChI is InChI=1S/C13H13BrO6/c1-7(13(17)18)20-12-9(14)5-8(3-4-11(15)16)6-10(12)19-2/h3-7H,1-2H3,(H,15,16)(H,17,18). The fraction of sp³-hybridized carbons (Fsp3) is 0.231. The fourth-order valence-electron chi connectivity index (χ4n) is 1.35. The van der Waals surface area contributed by atoms with Crippen molar-refractivity contribution in [3.8, 4) is 11.5 Å². The Hall–Kier alpha value is -2.02. The maximum absolute atomic E-state index is 10.8. The monoisotopic (exact) mass is 344 g/mol. The molecule has 0 saturated carbocycles. The predicted molar refractivity (Wildman–Crippen MR) is 75.1 cm³/mol. The Morgan fingerprint density at radius 1 is 1.35 bits per heavy atom. The Balaban J connectivity index is 3.14. The van der Waals surface area contributed by atoms with Gasteiger partial charge in [-0.1, -0.05) is 0 Å². The third kappa shape index (κ3) is 4.27. The van der Waals surface area contributed by atoms with Gasteiger partial charge in [-0.25, -0.2) is 9.59 Å². The Labute approximate surface area is 123 Å². The van der Waals surface area contributed by atoms with E-state index in [1.165, 1.54) is 20.1 Å². The molecule has 0 aliphatic rings. The van der Waals surface area contributed by atoms with Crippen LogP contribution in [0, 0.1) is 0 Å². The van der Waals surface area contributed by atoms with Crippen LogP contribution in [0.2, 0.25) is 0 Å². The Kier molecular flexibility index (Phi) is 5.57. The molecule has 1 aromatic carbocycles. The van der Waals surface area contributed by atoms with Crippen LogP contribution in [0.5, 0.6) is 11.5 Å². The second kappa shape index (κ2) is 6.95. The lowest BCUT2D eigenvalue weighted by Crippen LogP contribution is -2.23. The number of hydrogen-bond acceptors (Lipinski definition) is 4. The maximum atomic E-state index is 10.8. The molecule has 0 fully saturated rings. The lowest BCUT2D eigenvalue weighted by atomic mass is 10.2. The van der Waals surface area contributed by atoms with Crippen LogP contribution in [0.1, 0.15) is 12.5 Å². The molecule has 1 unspecified atom stereocenters. The number of methoxy groups -OCH3 is 1. The van der Waals surface area contributed by atoms with Crippen LogP contribution in [-0.4, -0.2) is 35.4 Å². The van der Waals surface area contributed by atoms with Crippen LogP contribution in [0.15, 0.2) is 22.7 Å². The van der Waals surface area contributed by atoms with E-state index in [0.717, 1.165) is 6.08 Å². The topological polar surface area (TPSA) is 93.1 Å². The number of benzene rings is 1. The number of rotatable bonds is 6. The van der Waals surface area contributed by atoms with E-state index in [0.29, 0.717) is 15.8 Å². The summed E-state index contributed by atoms with van der Waals surface area (Å²) in [5.41, 5.74) is 0.575. The highest BCUT2D eigenvalue weighted by molar-refractivity contribution is 9.10. The second-order valence-electron chi connectivity index (χ2n) is 3.80. The molecular weight excluding hydrogens is 332 g/mol. The molecule has 2 N–H and O–H groups in total. The molecule has 0 aromatic heterocycles. The van der Waals surface area contributed by atoms with E-state index >= 15 is 0 Å². The molecule has 108 valence electrons. The van der Waals surface area contributed by atoms with Crippen LogP contribution >= 0.6 is 15.9 Å². The largest absolute Gasteiger partial charge is 0.493 e. The van der Waals surface area contributed by atoms with Crippen molar-refractivity contribution in [1.29, 1.82) is 0 Å². The summed E-state index contributed by atoms with van der Waals surface area (Å²) in [6, 6.07) is 3.15. The number of carboxylic acids is 2. The summed E-state index contributed by atoms with van der Waals surface area (Å²) < 4.78 is 10.9. The van der Waals surface area contributed by atoms with Crippen molar-refractivity contribution >= 4 is 33.9 Å². The highest BCUT2D eigenvalue weighted by Gasteiger charge is 2.18. The van der Waals surface area contributed by atoms with E-state index in [1.54, 1.807) is 12.1 Å². The van der Waals surface area contributed by atoms with Gasteiger partial charge in [-0.05, 0) is 46.6 Å². The zero-order valence-corrected chi connectivity index (χ0v) is 12.4. The average Bonchev–Trinajstić information content (AvgIpc) is 2.38. The number of aliphatic carboxylic acids is 2. The first-order valence-electron chi connectivity index (χ1n) is 5.53. The summed E-state index contributed by atoms with van der Waals surface area (Å²) >= 11 is 3.24. The Morgan fingerprint density at radius 3 is 2.50 bits per heavy atom. The number of hydrogen-bond donors (Lipinski definition) is 2. The number of halogens is 1. The molecule has 0 spiro atoms. The van der Waals surface area contributed by atoms with Crippen LogP contribution in [0.25, 0.3) is 6.08 Å². The smallest absolute Gasteiger partial charge is 0.344 e. The van der Waals surface area contributed by atoms with Crippen molar-refractivity contribution in [2.75, 3.05) is 7.11 Å². The normalized spacial score (nSPS) is 12.2. The summed E-state index contributed by atoms with van der Waals surface area (Å²) in [5, 5.41) is 17.4. The van der Waals surface area contributed by atoms with E-state index in [-0.39, 0.29) is 5.75 Å². The van der Waals surface area contributed by atoms with Gasteiger partial charge in [-0.3, -0.25) is 0 Å². The summed E-state index contributed by atoms with van der Waals surface area (Å²) in [6.45, 7) is 1.40. The van der Waals surface area contributed by atoms with Crippen molar-refractivity contribution in [2.24, 2.45) is 0 Å². The minimum atomic E-state index is -1.10. The number of carboxylic acid groups (broad SMARTS) is 2. The molecule has 0 radical (unpaired) electrons. The quantitative estimate of drug-likeness (QED) is 0.769. The van der Waals surface area contributed by atoms with Crippen molar-refractivity contribution in [2.45, 2.75) is 13.0 Å². The second-order valence-corrected chi connectivity index (χ2v) is 4.66. The van der Waals surface area contributed by atoms with E-state index < -0.39 is 18.0 Å². The minimum absolute atomic E-state index is 0.245. The summed E-state index contributed by atoms with van der Waals surface area (Å²) in [7, 11) is 1.41. The maximum Gasteiger partial charge on any atom is 0.344 e. The van der Waals surface area contributed by atoms with Crippen LogP contribution in [0.4, 0.5) is 0 Å². The van der Waals surface area contributed by atoms with Gasteiger partial charge < -0.3 is 19.7 Å². The van der Waals surface area contributed by atoms with Gasteiger partial charge in [-0.2, -0.15) is 0 Å². The van der Waals surface area contributed by atoms with Gasteiger partial charge in [0.1, 0.15) is 0 Å². The van der Waals surface area contributed by atoms with Gasteiger partial charge in [0.2, 0.25) is 0 Å². The van der Waals surface area contributed by atoms with Crippen molar-refractivity contribution < 1.29 is 29.3 Å². The number of ether oxygens (including phenoxy) is 2. The molecule has 0 aliphatic carbocycles. The van der Waals surface area contributed by atoms with Crippen molar-refractivity contribution in [1.82, 2.24) is 0 Å². The zero-order valence-electron chi connectivity index (χ0n) is 10.8. The zero-order chi connectivity index (χ0) is 15.3. The summed E-state index contributed by atoms with van der Waals surface area (Å²) in [4.78, 5) is 21.3. The van der Waals surface area contributed by atoms with Gasteiger partial charge >= 0.3 is 11.9 Å². The number of carbonyl (C=O) groups is 2. The first kappa shape index (κ1) is 16.0. The summed E-state index contributed by atoms with van der Waals surface area (Å²) in [5.74, 6) is -1.62. The summed E-state index contributed by atoms with van der Waals surface area (Å²) in [6.07, 6.45) is 1.34. The fourth-order valence-corrected chi connectivity index (χ4v) is 1.90. The van der Waals surface area contributed by atoms with Gasteiger partial charge in [0.05, 0.1) is 11.6 Å². The van der Waals surface area contributed by atoms with Crippen LogP contribution in [-0.2, 0) is 9.59 Å². The molecular formula is C13H13BrO6. The molecule has 6 nitrogen and oxygen atoms in total. The van der Waals surface area contributed by atoms with E-state index in [2.05, 4.69) is 15.9 Å². The third-order valence-corrected chi connectivity index (χ3v) is 2.90. The van der Waals surface area contributed by atoms with Crippen molar-refractivity contribution in [3.63, 3.8) is 0 Å². The molecule has 1 rings (SSSR count). The van der Waals surface area contributed by atoms with Gasteiger partial charge in [-0.15, -0.1) is 0 Å². The molecule has 0 aliphatic heterocycles. The molecule has 20 heavy (non-hydrogen) atoms. The Morgan fingerprint density at radius 2 is 2.00 bits per heavy atom. The molecule has 0 amide bonds. The molecule has 0 heterocycles. The van der Waals surface area contributed by atoms with Gasteiger partial charge in [0.15, 0.2) is 17.6 Å². The van der Waals surface area contributed by atoms with Gasteiger partial charge in [0.25, 0.3) is 0 Å². The molecule has 1 aromatic rings. The van der Waals surface area contributed by atoms with E-state index in [9.17, 15) is 9.59 Å². The highest BCUT2D eigenvalue weighted by Crippen LogP contribution is 2.37. The molecule has 7 heteroatoms. The first-order valence-corrected chi connectivity index (χ1v) is 6.32. The van der Waals surface area contributed by atoms with Gasteiger partial charge in [0, 0.05) is 6.08 Å². The van der Waals surface area contributed by atoms with E-state index in [1.807, 2.05) is 0 Å². The minimum Gasteiger partial charge on any atom is -0.493 e. The highest BCUT2D eigenvalue weighted by atomic mass is 79.9. The van der Waals surface area contributed by atoms with Crippen LogP contribution in [0.3, 0.4) is 0 Å². The Bertz CT molecular complexity index is 552. The third-order valence-electron chi connectivity index (χ3n) is 2.31. The lowest BCUT2D eigenvalue weighted by molar-refractivity contribution is -0.144. The molecule has 0 saturated heterocycles. The van der Waals surface area contributed by atoms with Crippen molar-refractivity contribution in [3.05, 3.63) is 28.2 Å². The predicted octanol–water partition coefficient (Wildman–Crippen LogP) is 2.41. The average molecular weight is 345 g/mol. The lowest BCUT2D eigenvalue weighted by Gasteiger charge is -2.16.